The molecule has 23 heavy (non-hydrogen) atoms. The predicted octanol–water partition coefficient (Wildman–Crippen LogP) is 2.70. The highest BCUT2D eigenvalue weighted by atomic mass is 16.6. The van der Waals surface area contributed by atoms with E-state index in [9.17, 15) is 10.1 Å². The molecule has 0 bridgehead atoms. The Kier molecular flexibility index (Phi) is 4.83. The lowest BCUT2D eigenvalue weighted by Crippen LogP contribution is -2.31. The van der Waals surface area contributed by atoms with E-state index in [4.69, 9.17) is 0 Å². The highest BCUT2D eigenvalue weighted by Gasteiger charge is 2.23. The molecule has 1 aromatic heterocycles. The van der Waals surface area contributed by atoms with Crippen LogP contribution in [0.25, 0.3) is 0 Å². The Hall–Kier alpha value is -2.47. The Morgan fingerprint density at radius 3 is 2.65 bits per heavy atom. The van der Waals surface area contributed by atoms with Gasteiger partial charge >= 0.3 is 5.69 Å². The summed E-state index contributed by atoms with van der Waals surface area (Å²) in [4.78, 5) is 19.5. The van der Waals surface area contributed by atoms with Gasteiger partial charge in [0.15, 0.2) is 0 Å². The zero-order chi connectivity index (χ0) is 16.1. The van der Waals surface area contributed by atoms with Gasteiger partial charge in [0.05, 0.1) is 4.92 Å². The highest BCUT2D eigenvalue weighted by molar-refractivity contribution is 5.57. The summed E-state index contributed by atoms with van der Waals surface area (Å²) in [6.45, 7) is 4.33. The van der Waals surface area contributed by atoms with E-state index < -0.39 is 0 Å². The van der Waals surface area contributed by atoms with Gasteiger partial charge in [0, 0.05) is 45.0 Å². The predicted molar refractivity (Wildman–Crippen MR) is 89.4 cm³/mol. The molecule has 1 aliphatic heterocycles. The quantitative estimate of drug-likeness (QED) is 0.641. The van der Waals surface area contributed by atoms with Crippen LogP contribution in [0.1, 0.15) is 12.0 Å². The van der Waals surface area contributed by atoms with Crippen LogP contribution in [-0.4, -0.2) is 41.0 Å². The summed E-state index contributed by atoms with van der Waals surface area (Å²) in [7, 11) is 0. The van der Waals surface area contributed by atoms with Crippen molar-refractivity contribution in [3.05, 3.63) is 64.3 Å². The monoisotopic (exact) mass is 312 g/mol. The van der Waals surface area contributed by atoms with E-state index in [-0.39, 0.29) is 10.6 Å². The van der Waals surface area contributed by atoms with E-state index in [0.29, 0.717) is 5.82 Å². The second-order valence-electron chi connectivity index (χ2n) is 5.71. The van der Waals surface area contributed by atoms with Crippen LogP contribution >= 0.6 is 0 Å². The SMILES string of the molecule is O=[N+]([O-])c1cccnc1N1CCCN(Cc2ccccc2)CC1. The summed E-state index contributed by atoms with van der Waals surface area (Å²) in [5, 5.41) is 11.2. The fourth-order valence-corrected chi connectivity index (χ4v) is 2.96. The number of rotatable bonds is 4. The van der Waals surface area contributed by atoms with Crippen LogP contribution in [0.3, 0.4) is 0 Å². The molecule has 0 radical (unpaired) electrons. The van der Waals surface area contributed by atoms with Crippen molar-refractivity contribution in [1.82, 2.24) is 9.88 Å². The van der Waals surface area contributed by atoms with Gasteiger partial charge in [-0.25, -0.2) is 4.98 Å². The van der Waals surface area contributed by atoms with Crippen LogP contribution in [0.2, 0.25) is 0 Å². The molecule has 120 valence electrons. The summed E-state index contributed by atoms with van der Waals surface area (Å²) in [6, 6.07) is 13.5. The minimum Gasteiger partial charge on any atom is -0.350 e. The number of hydrogen-bond donors (Lipinski definition) is 0. The first kappa shape index (κ1) is 15.4. The maximum absolute atomic E-state index is 11.2. The second-order valence-corrected chi connectivity index (χ2v) is 5.71. The van der Waals surface area contributed by atoms with E-state index in [1.54, 1.807) is 12.3 Å². The fraction of sp³-hybridized carbons (Fsp3) is 0.353. The third-order valence-corrected chi connectivity index (χ3v) is 4.10. The zero-order valence-electron chi connectivity index (χ0n) is 13.0. The number of nitro groups is 1. The molecule has 1 aromatic carbocycles. The Balaban J connectivity index is 1.68. The van der Waals surface area contributed by atoms with Gasteiger partial charge < -0.3 is 4.90 Å². The molecule has 6 nitrogen and oxygen atoms in total. The molecule has 1 aliphatic rings. The van der Waals surface area contributed by atoms with Crippen molar-refractivity contribution in [3.63, 3.8) is 0 Å². The van der Waals surface area contributed by atoms with Crippen LogP contribution in [0, 0.1) is 10.1 Å². The minimum absolute atomic E-state index is 0.0870. The summed E-state index contributed by atoms with van der Waals surface area (Å²) in [5.41, 5.74) is 1.38. The normalized spacial score (nSPS) is 16.1. The minimum atomic E-state index is -0.352. The first-order valence-electron chi connectivity index (χ1n) is 7.84. The lowest BCUT2D eigenvalue weighted by atomic mass is 10.2. The van der Waals surface area contributed by atoms with Gasteiger partial charge in [-0.3, -0.25) is 15.0 Å². The molecule has 2 aromatic rings. The van der Waals surface area contributed by atoms with E-state index in [1.807, 2.05) is 11.0 Å². The molecular formula is C17H20N4O2. The smallest absolute Gasteiger partial charge is 0.311 e. The number of pyridine rings is 1. The van der Waals surface area contributed by atoms with Crippen molar-refractivity contribution >= 4 is 11.5 Å². The molecule has 0 saturated carbocycles. The van der Waals surface area contributed by atoms with Crippen molar-refractivity contribution in [2.45, 2.75) is 13.0 Å². The first-order valence-corrected chi connectivity index (χ1v) is 7.84. The molecule has 0 amide bonds. The molecule has 1 saturated heterocycles. The molecular weight excluding hydrogens is 292 g/mol. The van der Waals surface area contributed by atoms with Crippen LogP contribution in [0.4, 0.5) is 11.5 Å². The standard InChI is InChI=1S/C17H20N4O2/c22-21(23)16-8-4-9-18-17(16)20-11-5-10-19(12-13-20)14-15-6-2-1-3-7-15/h1-4,6-9H,5,10-14H2. The molecule has 3 rings (SSSR count). The second kappa shape index (κ2) is 7.19. The van der Waals surface area contributed by atoms with Crippen molar-refractivity contribution in [2.75, 3.05) is 31.1 Å². The van der Waals surface area contributed by atoms with Gasteiger partial charge in [0.2, 0.25) is 5.82 Å². The third kappa shape index (κ3) is 3.84. The molecule has 0 spiro atoms. The van der Waals surface area contributed by atoms with Crippen molar-refractivity contribution < 1.29 is 4.92 Å². The highest BCUT2D eigenvalue weighted by Crippen LogP contribution is 2.25. The van der Waals surface area contributed by atoms with Crippen molar-refractivity contribution in [2.24, 2.45) is 0 Å². The van der Waals surface area contributed by atoms with Gasteiger partial charge in [-0.05, 0) is 18.1 Å². The molecule has 1 fully saturated rings. The number of hydrogen-bond acceptors (Lipinski definition) is 5. The zero-order valence-corrected chi connectivity index (χ0v) is 13.0. The van der Waals surface area contributed by atoms with Crippen molar-refractivity contribution in [3.8, 4) is 0 Å². The van der Waals surface area contributed by atoms with Gasteiger partial charge in [0.25, 0.3) is 0 Å². The van der Waals surface area contributed by atoms with Gasteiger partial charge in [-0.2, -0.15) is 0 Å². The van der Waals surface area contributed by atoms with Gasteiger partial charge in [0.1, 0.15) is 0 Å². The Labute approximate surface area is 135 Å². The molecule has 0 aliphatic carbocycles. The number of aromatic nitrogens is 1. The van der Waals surface area contributed by atoms with Crippen LogP contribution < -0.4 is 4.90 Å². The number of benzene rings is 1. The number of nitrogens with zero attached hydrogens (tertiary/aromatic N) is 4. The maximum Gasteiger partial charge on any atom is 0.311 e. The fourth-order valence-electron chi connectivity index (χ4n) is 2.96. The topological polar surface area (TPSA) is 62.5 Å². The average molecular weight is 312 g/mol. The largest absolute Gasteiger partial charge is 0.350 e. The summed E-state index contributed by atoms with van der Waals surface area (Å²) in [6.07, 6.45) is 2.59. The van der Waals surface area contributed by atoms with E-state index in [1.165, 1.54) is 11.6 Å². The molecule has 6 heteroatoms. The third-order valence-electron chi connectivity index (χ3n) is 4.10. The van der Waals surface area contributed by atoms with Gasteiger partial charge in [-0.15, -0.1) is 0 Å². The average Bonchev–Trinajstić information content (AvgIpc) is 2.81. The summed E-state index contributed by atoms with van der Waals surface area (Å²) < 4.78 is 0. The van der Waals surface area contributed by atoms with Crippen LogP contribution in [-0.2, 0) is 6.54 Å². The first-order chi connectivity index (χ1) is 11.2. The van der Waals surface area contributed by atoms with E-state index in [0.717, 1.165) is 39.1 Å². The molecule has 0 atom stereocenters. The molecule has 0 unspecified atom stereocenters. The summed E-state index contributed by atoms with van der Waals surface area (Å²) >= 11 is 0. The Morgan fingerprint density at radius 1 is 1.04 bits per heavy atom. The van der Waals surface area contributed by atoms with Gasteiger partial charge in [-0.1, -0.05) is 30.3 Å². The van der Waals surface area contributed by atoms with Crippen LogP contribution in [0.15, 0.2) is 48.7 Å². The number of anilines is 1. The summed E-state index contributed by atoms with van der Waals surface area (Å²) in [5.74, 6) is 0.485. The Morgan fingerprint density at radius 2 is 1.87 bits per heavy atom. The maximum atomic E-state index is 11.2. The molecule has 0 N–H and O–H groups in total. The lowest BCUT2D eigenvalue weighted by molar-refractivity contribution is -0.384. The molecule has 2 heterocycles. The van der Waals surface area contributed by atoms with E-state index >= 15 is 0 Å². The van der Waals surface area contributed by atoms with E-state index in [2.05, 4.69) is 34.1 Å². The Bertz CT molecular complexity index is 663. The lowest BCUT2D eigenvalue weighted by Gasteiger charge is -2.22. The van der Waals surface area contributed by atoms with Crippen LogP contribution in [0.5, 0.6) is 0 Å². The van der Waals surface area contributed by atoms with Crippen molar-refractivity contribution in [1.29, 1.82) is 0 Å².